The summed E-state index contributed by atoms with van der Waals surface area (Å²) >= 11 is 6.17. The summed E-state index contributed by atoms with van der Waals surface area (Å²) < 4.78 is 0. The van der Waals surface area contributed by atoms with E-state index < -0.39 is 0 Å². The van der Waals surface area contributed by atoms with E-state index in [1.165, 1.54) is 69.8 Å². The van der Waals surface area contributed by atoms with E-state index in [0.717, 1.165) is 18.1 Å². The Kier molecular flexibility index (Phi) is 5.61. The lowest BCUT2D eigenvalue weighted by Crippen LogP contribution is -3.21. The molecule has 3 rings (SSSR count). The van der Waals surface area contributed by atoms with Crippen LogP contribution in [0.2, 0.25) is 5.02 Å². The second-order valence-electron chi connectivity index (χ2n) is 6.98. The van der Waals surface area contributed by atoms with Crippen molar-refractivity contribution in [1.29, 1.82) is 0 Å². The van der Waals surface area contributed by atoms with Crippen LogP contribution in [0.3, 0.4) is 0 Å². The highest BCUT2D eigenvalue weighted by molar-refractivity contribution is 6.30. The molecule has 0 radical (unpaired) electrons. The lowest BCUT2D eigenvalue weighted by atomic mass is 10.1. The van der Waals surface area contributed by atoms with Crippen molar-refractivity contribution in [1.82, 2.24) is 0 Å². The summed E-state index contributed by atoms with van der Waals surface area (Å²) in [6, 6.07) is 6.25. The van der Waals surface area contributed by atoms with E-state index >= 15 is 0 Å². The number of likely N-dealkylation sites (tertiary alicyclic amines) is 1. The van der Waals surface area contributed by atoms with E-state index in [9.17, 15) is 0 Å². The number of hydrogen-bond acceptors (Lipinski definition) is 1. The minimum absolute atomic E-state index is 0.851. The quantitative estimate of drug-likeness (QED) is 0.818. The number of halogens is 1. The predicted octanol–water partition coefficient (Wildman–Crippen LogP) is 0.422. The smallest absolute Gasteiger partial charge is 0.127 e. The number of aryl methyl sites for hydroxylation is 1. The average molecular weight is 324 g/mol. The van der Waals surface area contributed by atoms with Crippen molar-refractivity contribution in [3.8, 4) is 0 Å². The number of benzene rings is 1. The van der Waals surface area contributed by atoms with Crippen LogP contribution in [0.25, 0.3) is 0 Å². The molecule has 0 aliphatic carbocycles. The van der Waals surface area contributed by atoms with E-state index in [0.29, 0.717) is 0 Å². The molecule has 2 fully saturated rings. The Labute approximate surface area is 139 Å². The van der Waals surface area contributed by atoms with Crippen LogP contribution in [0.4, 0.5) is 5.69 Å². The first-order chi connectivity index (χ1) is 10.7. The molecule has 0 aromatic heterocycles. The molecule has 122 valence electrons. The van der Waals surface area contributed by atoms with Crippen LogP contribution in [0.5, 0.6) is 0 Å². The molecule has 1 aromatic carbocycles. The lowest BCUT2D eigenvalue weighted by molar-refractivity contribution is -0.959. The first-order valence-corrected chi connectivity index (χ1v) is 9.28. The standard InChI is InChI=1S/C18H28ClN3/c1-16-5-6-17(19)15-18(16)22-13-11-21(12-14-22)10-9-20-7-3-2-4-8-20/h5-6,15H,2-4,7-14H2,1H3/p+2. The Morgan fingerprint density at radius 2 is 1.59 bits per heavy atom. The molecule has 3 nitrogen and oxygen atoms in total. The Hall–Kier alpha value is -0.770. The fourth-order valence-electron chi connectivity index (χ4n) is 3.89. The zero-order chi connectivity index (χ0) is 15.4. The van der Waals surface area contributed by atoms with Crippen molar-refractivity contribution in [3.63, 3.8) is 0 Å². The Morgan fingerprint density at radius 3 is 2.27 bits per heavy atom. The zero-order valence-electron chi connectivity index (χ0n) is 13.8. The van der Waals surface area contributed by atoms with E-state index in [1.807, 2.05) is 11.0 Å². The van der Waals surface area contributed by atoms with Gasteiger partial charge in [-0.1, -0.05) is 17.7 Å². The van der Waals surface area contributed by atoms with Crippen molar-refractivity contribution >= 4 is 17.3 Å². The first-order valence-electron chi connectivity index (χ1n) is 8.90. The fraction of sp³-hybridized carbons (Fsp3) is 0.667. The maximum Gasteiger partial charge on any atom is 0.127 e. The van der Waals surface area contributed by atoms with E-state index in [1.54, 1.807) is 4.90 Å². The summed E-state index contributed by atoms with van der Waals surface area (Å²) in [6.07, 6.45) is 4.33. The second kappa shape index (κ2) is 7.67. The molecule has 2 aliphatic heterocycles. The largest absolute Gasteiger partial charge is 0.360 e. The Balaban J connectivity index is 1.46. The van der Waals surface area contributed by atoms with Gasteiger partial charge in [0.05, 0.1) is 39.3 Å². The average Bonchev–Trinajstić information content (AvgIpc) is 2.57. The molecular weight excluding hydrogens is 294 g/mol. The van der Waals surface area contributed by atoms with Crippen LogP contribution in [0.1, 0.15) is 24.8 Å². The highest BCUT2D eigenvalue weighted by atomic mass is 35.5. The molecule has 22 heavy (non-hydrogen) atoms. The molecule has 2 aliphatic rings. The number of quaternary nitrogens is 2. The summed E-state index contributed by atoms with van der Waals surface area (Å²) in [6.45, 7) is 12.5. The first kappa shape index (κ1) is 16.1. The third-order valence-corrected chi connectivity index (χ3v) is 5.61. The molecule has 4 heteroatoms. The fourth-order valence-corrected chi connectivity index (χ4v) is 4.06. The van der Waals surface area contributed by atoms with Gasteiger partial charge in [0, 0.05) is 10.7 Å². The van der Waals surface area contributed by atoms with Crippen LogP contribution in [-0.2, 0) is 0 Å². The zero-order valence-corrected chi connectivity index (χ0v) is 14.6. The van der Waals surface area contributed by atoms with Crippen LogP contribution >= 0.6 is 11.6 Å². The van der Waals surface area contributed by atoms with Gasteiger partial charge in [-0.2, -0.15) is 0 Å². The van der Waals surface area contributed by atoms with Crippen LogP contribution < -0.4 is 14.7 Å². The molecule has 0 bridgehead atoms. The van der Waals surface area contributed by atoms with Gasteiger partial charge in [-0.05, 0) is 43.9 Å². The number of hydrogen-bond donors (Lipinski definition) is 2. The van der Waals surface area contributed by atoms with Gasteiger partial charge in [-0.3, -0.25) is 0 Å². The van der Waals surface area contributed by atoms with Crippen LogP contribution in [0, 0.1) is 6.92 Å². The van der Waals surface area contributed by atoms with E-state index in [4.69, 9.17) is 11.6 Å². The van der Waals surface area contributed by atoms with Gasteiger partial charge in [0.1, 0.15) is 13.1 Å². The van der Waals surface area contributed by atoms with Crippen molar-refractivity contribution in [2.75, 3.05) is 57.3 Å². The number of piperazine rings is 1. The summed E-state index contributed by atoms with van der Waals surface area (Å²) in [7, 11) is 0. The van der Waals surface area contributed by atoms with Gasteiger partial charge in [-0.15, -0.1) is 0 Å². The second-order valence-corrected chi connectivity index (χ2v) is 7.41. The molecule has 0 saturated carbocycles. The summed E-state index contributed by atoms with van der Waals surface area (Å²) in [5, 5.41) is 0.851. The molecule has 1 aromatic rings. The molecule has 0 unspecified atom stereocenters. The van der Waals surface area contributed by atoms with Crippen LogP contribution in [-0.4, -0.2) is 52.4 Å². The van der Waals surface area contributed by atoms with Gasteiger partial charge < -0.3 is 14.7 Å². The molecule has 0 amide bonds. The van der Waals surface area contributed by atoms with Crippen molar-refractivity contribution < 1.29 is 9.80 Å². The summed E-state index contributed by atoms with van der Waals surface area (Å²) in [5.41, 5.74) is 2.67. The van der Waals surface area contributed by atoms with Gasteiger partial charge in [0.2, 0.25) is 0 Å². The SMILES string of the molecule is Cc1ccc(Cl)cc1N1CC[NH+](CC[NH+]2CCCCC2)CC1. The normalized spacial score (nSPS) is 21.3. The monoisotopic (exact) mass is 323 g/mol. The third-order valence-electron chi connectivity index (χ3n) is 5.38. The lowest BCUT2D eigenvalue weighted by Gasteiger charge is -2.35. The number of anilines is 1. The van der Waals surface area contributed by atoms with E-state index in [-0.39, 0.29) is 0 Å². The minimum atomic E-state index is 0.851. The predicted molar refractivity (Wildman–Crippen MR) is 93.4 cm³/mol. The van der Waals surface area contributed by atoms with Crippen molar-refractivity contribution in [3.05, 3.63) is 28.8 Å². The van der Waals surface area contributed by atoms with Gasteiger partial charge >= 0.3 is 0 Å². The number of nitrogens with zero attached hydrogens (tertiary/aromatic N) is 1. The highest BCUT2D eigenvalue weighted by Gasteiger charge is 2.23. The summed E-state index contributed by atoms with van der Waals surface area (Å²) in [5.74, 6) is 0. The summed E-state index contributed by atoms with van der Waals surface area (Å²) in [4.78, 5) is 6.14. The molecule has 2 N–H and O–H groups in total. The third kappa shape index (κ3) is 4.15. The minimum Gasteiger partial charge on any atom is -0.360 e. The number of nitrogens with one attached hydrogen (secondary N) is 2. The van der Waals surface area contributed by atoms with E-state index in [2.05, 4.69) is 24.0 Å². The maximum absolute atomic E-state index is 6.17. The van der Waals surface area contributed by atoms with Gasteiger partial charge in [-0.25, -0.2) is 0 Å². The molecule has 2 heterocycles. The van der Waals surface area contributed by atoms with Crippen LogP contribution in [0.15, 0.2) is 18.2 Å². The van der Waals surface area contributed by atoms with Crippen molar-refractivity contribution in [2.45, 2.75) is 26.2 Å². The van der Waals surface area contributed by atoms with Crippen molar-refractivity contribution in [2.24, 2.45) is 0 Å². The van der Waals surface area contributed by atoms with Gasteiger partial charge in [0.15, 0.2) is 0 Å². The Morgan fingerprint density at radius 1 is 0.955 bits per heavy atom. The van der Waals surface area contributed by atoms with Gasteiger partial charge in [0.25, 0.3) is 0 Å². The number of piperidine rings is 1. The Bertz CT molecular complexity index is 477. The molecule has 0 spiro atoms. The molecule has 0 atom stereocenters. The maximum atomic E-state index is 6.17. The highest BCUT2D eigenvalue weighted by Crippen LogP contribution is 2.24. The molecule has 2 saturated heterocycles. The topological polar surface area (TPSA) is 12.1 Å². The molecular formula is C18H30ClN3+2. The number of rotatable bonds is 4.